The molecule has 1 rings (SSSR count). The molecule has 14 heavy (non-hydrogen) atoms. The van der Waals surface area contributed by atoms with Gasteiger partial charge in [0, 0.05) is 11.6 Å². The van der Waals surface area contributed by atoms with Gasteiger partial charge >= 0.3 is 5.97 Å². The van der Waals surface area contributed by atoms with E-state index in [0.29, 0.717) is 11.1 Å². The van der Waals surface area contributed by atoms with Crippen LogP contribution >= 0.6 is 0 Å². The largest absolute Gasteiger partial charge is 0.508 e. The van der Waals surface area contributed by atoms with Crippen LogP contribution in [-0.4, -0.2) is 16.2 Å². The van der Waals surface area contributed by atoms with E-state index in [1.165, 1.54) is 6.07 Å². The lowest BCUT2D eigenvalue weighted by molar-refractivity contribution is -0.136. The molecule has 4 nitrogen and oxygen atoms in total. The highest BCUT2D eigenvalue weighted by Gasteiger charge is 2.08. The number of carbonyl (C=O) groups is 1. The monoisotopic (exact) mass is 195 g/mol. The van der Waals surface area contributed by atoms with Gasteiger partial charge in [-0.2, -0.15) is 0 Å². The van der Waals surface area contributed by atoms with Crippen LogP contribution in [0.5, 0.6) is 5.75 Å². The maximum atomic E-state index is 10.4. The van der Waals surface area contributed by atoms with Gasteiger partial charge in [0.2, 0.25) is 0 Å². The van der Waals surface area contributed by atoms with E-state index in [9.17, 15) is 9.90 Å². The molecule has 76 valence electrons. The van der Waals surface area contributed by atoms with E-state index in [0.717, 1.165) is 0 Å². The van der Waals surface area contributed by atoms with Crippen molar-refractivity contribution in [1.29, 1.82) is 0 Å². The Labute approximate surface area is 82.0 Å². The van der Waals surface area contributed by atoms with Crippen molar-refractivity contribution in [1.82, 2.24) is 0 Å². The lowest BCUT2D eigenvalue weighted by Crippen LogP contribution is -2.07. The van der Waals surface area contributed by atoms with Crippen molar-refractivity contribution in [3.63, 3.8) is 0 Å². The number of rotatable bonds is 3. The molecule has 0 aromatic heterocycles. The second-order valence-electron chi connectivity index (χ2n) is 3.25. The molecular formula is C10H13NO3. The predicted molar refractivity (Wildman–Crippen MR) is 52.0 cm³/mol. The van der Waals surface area contributed by atoms with Gasteiger partial charge in [0.25, 0.3) is 0 Å². The molecule has 1 aromatic carbocycles. The Hall–Kier alpha value is -1.55. The topological polar surface area (TPSA) is 83.6 Å². The highest BCUT2D eigenvalue weighted by Crippen LogP contribution is 2.23. The van der Waals surface area contributed by atoms with E-state index in [-0.39, 0.29) is 18.2 Å². The first-order valence-electron chi connectivity index (χ1n) is 4.30. The number of phenols is 1. The highest BCUT2D eigenvalue weighted by atomic mass is 16.4. The summed E-state index contributed by atoms with van der Waals surface area (Å²) in [7, 11) is 0. The van der Waals surface area contributed by atoms with Crippen LogP contribution in [0, 0.1) is 0 Å². The zero-order chi connectivity index (χ0) is 10.7. The first-order valence-corrected chi connectivity index (χ1v) is 4.30. The van der Waals surface area contributed by atoms with Crippen LogP contribution in [0.3, 0.4) is 0 Å². The molecule has 4 N–H and O–H groups in total. The van der Waals surface area contributed by atoms with E-state index >= 15 is 0 Å². The third kappa shape index (κ3) is 2.47. The standard InChI is InChI=1S/C10H13NO3/c1-6(11)8-4-7(5-10(13)14)2-3-9(8)12/h2-4,6,12H,5,11H2,1H3,(H,13,14)/t6-/m1/s1. The zero-order valence-corrected chi connectivity index (χ0v) is 7.90. The average molecular weight is 195 g/mol. The van der Waals surface area contributed by atoms with Crippen molar-refractivity contribution in [2.75, 3.05) is 0 Å². The van der Waals surface area contributed by atoms with Crippen molar-refractivity contribution in [3.05, 3.63) is 29.3 Å². The van der Waals surface area contributed by atoms with E-state index in [2.05, 4.69) is 0 Å². The van der Waals surface area contributed by atoms with Crippen molar-refractivity contribution >= 4 is 5.97 Å². The fourth-order valence-corrected chi connectivity index (χ4v) is 1.25. The summed E-state index contributed by atoms with van der Waals surface area (Å²) in [5, 5.41) is 18.0. The van der Waals surface area contributed by atoms with Gasteiger partial charge in [-0.05, 0) is 24.6 Å². The number of carboxylic acids is 1. The first kappa shape index (κ1) is 10.5. The Balaban J connectivity index is 3.00. The fourth-order valence-electron chi connectivity index (χ4n) is 1.25. The minimum Gasteiger partial charge on any atom is -0.508 e. The number of carboxylic acid groups (broad SMARTS) is 1. The van der Waals surface area contributed by atoms with Crippen molar-refractivity contribution in [2.45, 2.75) is 19.4 Å². The van der Waals surface area contributed by atoms with Crippen LogP contribution in [0.15, 0.2) is 18.2 Å². The SMILES string of the molecule is C[C@@H](N)c1cc(CC(=O)O)ccc1O. The van der Waals surface area contributed by atoms with E-state index in [4.69, 9.17) is 10.8 Å². The van der Waals surface area contributed by atoms with E-state index < -0.39 is 5.97 Å². The third-order valence-electron chi connectivity index (χ3n) is 1.94. The number of phenolic OH excluding ortho intramolecular Hbond substituents is 1. The van der Waals surface area contributed by atoms with Gasteiger partial charge in [-0.15, -0.1) is 0 Å². The first-order chi connectivity index (χ1) is 6.50. The van der Waals surface area contributed by atoms with Crippen LogP contribution in [-0.2, 0) is 11.2 Å². The van der Waals surface area contributed by atoms with Crippen molar-refractivity contribution in [2.24, 2.45) is 5.73 Å². The molecule has 1 aromatic rings. The second-order valence-corrected chi connectivity index (χ2v) is 3.25. The fraction of sp³-hybridized carbons (Fsp3) is 0.300. The summed E-state index contributed by atoms with van der Waals surface area (Å²) in [6, 6.07) is 4.36. The molecule has 0 saturated heterocycles. The highest BCUT2D eigenvalue weighted by molar-refractivity contribution is 5.70. The molecule has 0 unspecified atom stereocenters. The maximum absolute atomic E-state index is 10.4. The molecule has 0 spiro atoms. The number of hydrogen-bond acceptors (Lipinski definition) is 3. The molecule has 0 radical (unpaired) electrons. The normalized spacial score (nSPS) is 12.4. The molecule has 0 amide bonds. The number of aliphatic carboxylic acids is 1. The van der Waals surface area contributed by atoms with Gasteiger partial charge in [0.15, 0.2) is 0 Å². The van der Waals surface area contributed by atoms with Gasteiger partial charge in [-0.1, -0.05) is 6.07 Å². The summed E-state index contributed by atoms with van der Waals surface area (Å²) in [5.74, 6) is -0.791. The Morgan fingerprint density at radius 1 is 1.57 bits per heavy atom. The van der Waals surface area contributed by atoms with Gasteiger partial charge < -0.3 is 15.9 Å². The third-order valence-corrected chi connectivity index (χ3v) is 1.94. The summed E-state index contributed by atoms with van der Waals surface area (Å²) in [6.07, 6.45) is -0.0556. The summed E-state index contributed by atoms with van der Waals surface area (Å²) in [4.78, 5) is 10.4. The summed E-state index contributed by atoms with van der Waals surface area (Å²) >= 11 is 0. The van der Waals surface area contributed by atoms with Gasteiger partial charge in [-0.25, -0.2) is 0 Å². The molecule has 0 aliphatic carbocycles. The molecule has 0 bridgehead atoms. The average Bonchev–Trinajstić information content (AvgIpc) is 2.07. The molecule has 0 aliphatic heterocycles. The minimum absolute atomic E-state index is 0.0556. The molecule has 0 heterocycles. The van der Waals surface area contributed by atoms with Crippen LogP contribution in [0.4, 0.5) is 0 Å². The smallest absolute Gasteiger partial charge is 0.307 e. The Morgan fingerprint density at radius 2 is 2.21 bits per heavy atom. The number of hydrogen-bond donors (Lipinski definition) is 3. The van der Waals surface area contributed by atoms with Crippen LogP contribution in [0.25, 0.3) is 0 Å². The van der Waals surface area contributed by atoms with Crippen LogP contribution in [0.2, 0.25) is 0 Å². The number of nitrogens with two attached hydrogens (primary N) is 1. The number of aromatic hydroxyl groups is 1. The molecule has 0 saturated carbocycles. The van der Waals surface area contributed by atoms with Gasteiger partial charge in [0.05, 0.1) is 6.42 Å². The quantitative estimate of drug-likeness (QED) is 0.672. The van der Waals surface area contributed by atoms with Gasteiger partial charge in [0.1, 0.15) is 5.75 Å². The van der Waals surface area contributed by atoms with E-state index in [1.54, 1.807) is 19.1 Å². The summed E-state index contributed by atoms with van der Waals surface area (Å²) in [5.41, 5.74) is 6.82. The van der Waals surface area contributed by atoms with Crippen LogP contribution in [0.1, 0.15) is 24.1 Å². The lowest BCUT2D eigenvalue weighted by Gasteiger charge is -2.09. The number of benzene rings is 1. The van der Waals surface area contributed by atoms with Gasteiger partial charge in [-0.3, -0.25) is 4.79 Å². The molecule has 4 heteroatoms. The van der Waals surface area contributed by atoms with Crippen molar-refractivity contribution in [3.8, 4) is 5.75 Å². The molecule has 0 fully saturated rings. The maximum Gasteiger partial charge on any atom is 0.307 e. The summed E-state index contributed by atoms with van der Waals surface area (Å²) < 4.78 is 0. The Bertz CT molecular complexity index is 347. The molecule has 0 aliphatic rings. The van der Waals surface area contributed by atoms with Crippen molar-refractivity contribution < 1.29 is 15.0 Å². The Kier molecular flexibility index (Phi) is 3.09. The van der Waals surface area contributed by atoms with Crippen LogP contribution < -0.4 is 5.73 Å². The second kappa shape index (κ2) is 4.11. The zero-order valence-electron chi connectivity index (χ0n) is 7.90. The summed E-state index contributed by atoms with van der Waals surface area (Å²) in [6.45, 7) is 1.74. The molecule has 1 atom stereocenters. The van der Waals surface area contributed by atoms with E-state index in [1.807, 2.05) is 0 Å². The predicted octanol–water partition coefficient (Wildman–Crippen LogP) is 1.04. The minimum atomic E-state index is -0.897. The Morgan fingerprint density at radius 3 is 2.71 bits per heavy atom. The lowest BCUT2D eigenvalue weighted by atomic mass is 10.0. The molecular weight excluding hydrogens is 182 g/mol.